The van der Waals surface area contributed by atoms with Crippen LogP contribution in [-0.2, 0) is 9.59 Å². The van der Waals surface area contributed by atoms with Crippen LogP contribution in [0.1, 0.15) is 26.2 Å². The fraction of sp³-hybridized carbons (Fsp3) is 0.833. The monoisotopic (exact) mass is 240 g/mol. The van der Waals surface area contributed by atoms with Crippen molar-refractivity contribution in [3.05, 3.63) is 0 Å². The average Bonchev–Trinajstić information content (AvgIpc) is 3.01. The van der Waals surface area contributed by atoms with Gasteiger partial charge in [0.1, 0.15) is 0 Å². The van der Waals surface area contributed by atoms with Crippen LogP contribution >= 0.6 is 0 Å². The van der Waals surface area contributed by atoms with Gasteiger partial charge in [0.15, 0.2) is 0 Å². The molecule has 1 aliphatic heterocycles. The topological polar surface area (TPSA) is 69.6 Å². The predicted molar refractivity (Wildman–Crippen MR) is 62.5 cm³/mol. The average molecular weight is 240 g/mol. The molecule has 0 spiro atoms. The third-order valence-corrected chi connectivity index (χ3v) is 3.72. The van der Waals surface area contributed by atoms with E-state index in [-0.39, 0.29) is 5.91 Å². The second kappa shape index (κ2) is 4.64. The van der Waals surface area contributed by atoms with E-state index in [2.05, 4.69) is 5.32 Å². The Labute approximate surface area is 101 Å². The molecule has 0 aromatic rings. The Bertz CT molecular complexity index is 328. The zero-order valence-electron chi connectivity index (χ0n) is 10.2. The number of nitrogens with one attached hydrogen (secondary N) is 1. The number of rotatable bonds is 5. The van der Waals surface area contributed by atoms with Crippen LogP contribution in [0.2, 0.25) is 0 Å². The highest BCUT2D eigenvalue weighted by atomic mass is 16.4. The number of aliphatic carboxylic acids is 1. The Morgan fingerprint density at radius 3 is 2.71 bits per heavy atom. The number of carbonyl (C=O) groups excluding carboxylic acids is 1. The van der Waals surface area contributed by atoms with E-state index in [0.29, 0.717) is 32.0 Å². The van der Waals surface area contributed by atoms with Gasteiger partial charge in [-0.2, -0.15) is 0 Å². The maximum absolute atomic E-state index is 11.6. The van der Waals surface area contributed by atoms with E-state index in [1.165, 1.54) is 12.8 Å². The van der Waals surface area contributed by atoms with Crippen molar-refractivity contribution < 1.29 is 14.7 Å². The second-order valence-corrected chi connectivity index (χ2v) is 5.57. The lowest BCUT2D eigenvalue weighted by Gasteiger charge is -2.19. The summed E-state index contributed by atoms with van der Waals surface area (Å²) >= 11 is 0. The van der Waals surface area contributed by atoms with Gasteiger partial charge in [-0.05, 0) is 38.6 Å². The fourth-order valence-electron chi connectivity index (χ4n) is 2.21. The molecule has 1 aliphatic carbocycles. The molecule has 2 aliphatic rings. The number of nitrogens with zero attached hydrogens (tertiary/aromatic N) is 1. The molecule has 1 heterocycles. The lowest BCUT2D eigenvalue weighted by atomic mass is 9.90. The Kier molecular flexibility index (Phi) is 3.38. The number of likely N-dealkylation sites (tertiary alicyclic amines) is 1. The van der Waals surface area contributed by atoms with Crippen molar-refractivity contribution >= 4 is 11.9 Å². The van der Waals surface area contributed by atoms with E-state index in [1.807, 2.05) is 4.90 Å². The molecule has 1 saturated carbocycles. The predicted octanol–water partition coefficient (Wildman–Crippen LogP) is 0.309. The Morgan fingerprint density at radius 1 is 1.47 bits per heavy atom. The minimum absolute atomic E-state index is 0.0199. The van der Waals surface area contributed by atoms with Gasteiger partial charge in [0.2, 0.25) is 5.91 Å². The zero-order chi connectivity index (χ0) is 12.5. The molecule has 5 nitrogen and oxygen atoms in total. The number of carbonyl (C=O) groups is 2. The highest BCUT2D eigenvalue weighted by Crippen LogP contribution is 2.30. The third kappa shape index (κ3) is 3.19. The Hall–Kier alpha value is -1.10. The molecule has 17 heavy (non-hydrogen) atoms. The van der Waals surface area contributed by atoms with Gasteiger partial charge in [-0.1, -0.05) is 0 Å². The molecule has 5 heteroatoms. The molecular weight excluding hydrogens is 220 g/mol. The van der Waals surface area contributed by atoms with Gasteiger partial charge >= 0.3 is 5.97 Å². The smallest absolute Gasteiger partial charge is 0.310 e. The highest BCUT2D eigenvalue weighted by Gasteiger charge is 2.40. The molecule has 2 N–H and O–H groups in total. The summed E-state index contributed by atoms with van der Waals surface area (Å²) in [7, 11) is 0. The van der Waals surface area contributed by atoms with Crippen molar-refractivity contribution in [3.8, 4) is 0 Å². The Morgan fingerprint density at radius 2 is 2.18 bits per heavy atom. The maximum Gasteiger partial charge on any atom is 0.310 e. The van der Waals surface area contributed by atoms with Crippen molar-refractivity contribution in [2.45, 2.75) is 26.2 Å². The van der Waals surface area contributed by atoms with Gasteiger partial charge < -0.3 is 10.4 Å². The number of carboxylic acid groups (broad SMARTS) is 1. The number of hydrogen-bond donors (Lipinski definition) is 2. The minimum Gasteiger partial charge on any atom is -0.481 e. The molecule has 0 radical (unpaired) electrons. The maximum atomic E-state index is 11.6. The first-order chi connectivity index (χ1) is 7.99. The molecule has 0 aromatic heterocycles. The summed E-state index contributed by atoms with van der Waals surface area (Å²) in [5, 5.41) is 12.0. The second-order valence-electron chi connectivity index (χ2n) is 5.57. The standard InChI is InChI=1S/C12H20N2O3/c1-12(11(16)17)4-5-14(8-12)7-10(15)13-6-9-2-3-9/h9H,2-8H2,1H3,(H,13,15)(H,16,17). The van der Waals surface area contributed by atoms with Crippen LogP contribution in [0.15, 0.2) is 0 Å². The van der Waals surface area contributed by atoms with E-state index in [0.717, 1.165) is 6.54 Å². The van der Waals surface area contributed by atoms with E-state index in [9.17, 15) is 9.59 Å². The molecule has 1 unspecified atom stereocenters. The van der Waals surface area contributed by atoms with E-state index >= 15 is 0 Å². The SMILES string of the molecule is CC1(C(=O)O)CCN(CC(=O)NCC2CC2)C1. The Balaban J connectivity index is 1.72. The first-order valence-corrected chi connectivity index (χ1v) is 6.22. The lowest BCUT2D eigenvalue weighted by Crippen LogP contribution is -2.39. The van der Waals surface area contributed by atoms with Crippen LogP contribution in [0.5, 0.6) is 0 Å². The molecular formula is C12H20N2O3. The van der Waals surface area contributed by atoms with Gasteiger partial charge in [-0.3, -0.25) is 14.5 Å². The number of carboxylic acids is 1. The molecule has 2 rings (SSSR count). The normalized spacial score (nSPS) is 29.2. The van der Waals surface area contributed by atoms with Gasteiger partial charge in [-0.25, -0.2) is 0 Å². The van der Waals surface area contributed by atoms with Crippen LogP contribution < -0.4 is 5.32 Å². The largest absolute Gasteiger partial charge is 0.481 e. The summed E-state index contributed by atoms with van der Waals surface area (Å²) in [6.45, 7) is 4.02. The molecule has 96 valence electrons. The van der Waals surface area contributed by atoms with Crippen LogP contribution in [0.4, 0.5) is 0 Å². The molecule has 0 aromatic carbocycles. The van der Waals surface area contributed by atoms with Crippen molar-refractivity contribution in [2.75, 3.05) is 26.2 Å². The van der Waals surface area contributed by atoms with Crippen LogP contribution in [0.25, 0.3) is 0 Å². The fourth-order valence-corrected chi connectivity index (χ4v) is 2.21. The first-order valence-electron chi connectivity index (χ1n) is 6.22. The summed E-state index contributed by atoms with van der Waals surface area (Å²) in [5.41, 5.74) is -0.684. The molecule has 1 amide bonds. The molecule has 2 fully saturated rings. The zero-order valence-corrected chi connectivity index (χ0v) is 10.2. The van der Waals surface area contributed by atoms with Crippen LogP contribution in [-0.4, -0.2) is 48.1 Å². The summed E-state index contributed by atoms with van der Waals surface area (Å²) in [4.78, 5) is 24.6. The number of hydrogen-bond acceptors (Lipinski definition) is 3. The van der Waals surface area contributed by atoms with Gasteiger partial charge in [0.05, 0.1) is 12.0 Å². The molecule has 1 saturated heterocycles. The molecule has 1 atom stereocenters. The van der Waals surface area contributed by atoms with Gasteiger partial charge in [0, 0.05) is 13.1 Å². The van der Waals surface area contributed by atoms with E-state index in [1.54, 1.807) is 6.92 Å². The van der Waals surface area contributed by atoms with Crippen molar-refractivity contribution in [1.29, 1.82) is 0 Å². The van der Waals surface area contributed by atoms with Crippen molar-refractivity contribution in [3.63, 3.8) is 0 Å². The number of amides is 1. The van der Waals surface area contributed by atoms with Crippen LogP contribution in [0, 0.1) is 11.3 Å². The van der Waals surface area contributed by atoms with Gasteiger partial charge in [0.25, 0.3) is 0 Å². The minimum atomic E-state index is -0.765. The third-order valence-electron chi connectivity index (χ3n) is 3.72. The van der Waals surface area contributed by atoms with E-state index in [4.69, 9.17) is 5.11 Å². The molecule has 0 bridgehead atoms. The summed E-state index contributed by atoms with van der Waals surface area (Å²) in [6, 6.07) is 0. The van der Waals surface area contributed by atoms with E-state index < -0.39 is 11.4 Å². The van der Waals surface area contributed by atoms with Crippen molar-refractivity contribution in [1.82, 2.24) is 10.2 Å². The summed E-state index contributed by atoms with van der Waals surface area (Å²) < 4.78 is 0. The lowest BCUT2D eigenvalue weighted by molar-refractivity contribution is -0.147. The first kappa shape index (κ1) is 12.4. The van der Waals surface area contributed by atoms with Crippen molar-refractivity contribution in [2.24, 2.45) is 11.3 Å². The summed E-state index contributed by atoms with van der Waals surface area (Å²) in [6.07, 6.45) is 3.07. The highest BCUT2D eigenvalue weighted by molar-refractivity contribution is 5.79. The summed E-state index contributed by atoms with van der Waals surface area (Å²) in [5.74, 6) is -0.0632. The van der Waals surface area contributed by atoms with Crippen LogP contribution in [0.3, 0.4) is 0 Å². The van der Waals surface area contributed by atoms with Gasteiger partial charge in [-0.15, -0.1) is 0 Å². The quantitative estimate of drug-likeness (QED) is 0.725.